The molecule has 0 amide bonds. The lowest BCUT2D eigenvalue weighted by Gasteiger charge is -2.34. The lowest BCUT2D eigenvalue weighted by molar-refractivity contribution is -0.0174. The second-order valence-electron chi connectivity index (χ2n) is 4.68. The number of benzene rings is 1. The van der Waals surface area contributed by atoms with Crippen LogP contribution >= 0.6 is 0 Å². The summed E-state index contributed by atoms with van der Waals surface area (Å²) in [5.41, 5.74) is 0.854. The van der Waals surface area contributed by atoms with Gasteiger partial charge in [-0.3, -0.25) is 4.90 Å². The maximum atomic E-state index is 10.2. The van der Waals surface area contributed by atoms with Crippen molar-refractivity contribution in [1.29, 1.82) is 0 Å². The predicted molar refractivity (Wildman–Crippen MR) is 63.0 cm³/mol. The highest BCUT2D eigenvalue weighted by Gasteiger charge is 2.22. The van der Waals surface area contributed by atoms with Crippen molar-refractivity contribution < 1.29 is 10.2 Å². The van der Waals surface area contributed by atoms with Crippen LogP contribution in [0.1, 0.15) is 31.6 Å². The van der Waals surface area contributed by atoms with Crippen LogP contribution in [-0.4, -0.2) is 28.2 Å². The highest BCUT2D eigenvalue weighted by Crippen LogP contribution is 2.25. The summed E-state index contributed by atoms with van der Waals surface area (Å²) in [6.45, 7) is 4.15. The molecule has 1 aromatic rings. The molecule has 2 N–H and O–H groups in total. The Bertz CT molecular complexity index is 328. The van der Waals surface area contributed by atoms with Gasteiger partial charge in [0.05, 0.1) is 0 Å². The van der Waals surface area contributed by atoms with Gasteiger partial charge in [-0.15, -0.1) is 0 Å². The number of aliphatic hydroxyl groups is 1. The zero-order chi connectivity index (χ0) is 11.5. The molecule has 0 radical (unpaired) electrons. The van der Waals surface area contributed by atoms with E-state index in [-0.39, 0.29) is 5.75 Å². The Morgan fingerprint density at radius 1 is 1.19 bits per heavy atom. The van der Waals surface area contributed by atoms with E-state index in [1.165, 1.54) is 0 Å². The van der Waals surface area contributed by atoms with Gasteiger partial charge < -0.3 is 10.2 Å². The van der Waals surface area contributed by atoms with Crippen LogP contribution in [0.4, 0.5) is 0 Å². The number of phenolic OH excluding ortho intramolecular Hbond substituents is 1. The summed E-state index contributed by atoms with van der Waals surface area (Å²) in [5.74, 6) is 1.01. The molecule has 1 saturated heterocycles. The fraction of sp³-hybridized carbons (Fsp3) is 0.538. The number of rotatable bonds is 2. The fourth-order valence-corrected chi connectivity index (χ4v) is 2.13. The molecule has 1 unspecified atom stereocenters. The first-order chi connectivity index (χ1) is 7.66. The number of hydrogen-bond acceptors (Lipinski definition) is 3. The lowest BCUT2D eigenvalue weighted by Crippen LogP contribution is -2.36. The third-order valence-electron chi connectivity index (χ3n) is 3.36. The van der Waals surface area contributed by atoms with E-state index in [0.717, 1.165) is 37.4 Å². The van der Waals surface area contributed by atoms with Crippen LogP contribution in [0.5, 0.6) is 5.75 Å². The van der Waals surface area contributed by atoms with Crippen molar-refractivity contribution in [2.24, 2.45) is 5.92 Å². The molecule has 1 aliphatic rings. The maximum absolute atomic E-state index is 10.2. The van der Waals surface area contributed by atoms with Gasteiger partial charge in [-0.25, -0.2) is 0 Å². The predicted octanol–water partition coefficient (Wildman–Crippen LogP) is 2.12. The molecule has 1 fully saturated rings. The van der Waals surface area contributed by atoms with Crippen molar-refractivity contribution in [3.63, 3.8) is 0 Å². The molecule has 0 aliphatic carbocycles. The van der Waals surface area contributed by atoms with Gasteiger partial charge >= 0.3 is 0 Å². The number of piperidine rings is 1. The number of aliphatic hydroxyl groups excluding tert-OH is 1. The van der Waals surface area contributed by atoms with E-state index in [1.54, 1.807) is 24.3 Å². The highest BCUT2D eigenvalue weighted by atomic mass is 16.3. The zero-order valence-corrected chi connectivity index (χ0v) is 9.63. The van der Waals surface area contributed by atoms with E-state index in [4.69, 9.17) is 0 Å². The average Bonchev–Trinajstić information content (AvgIpc) is 2.30. The molecule has 1 aliphatic heterocycles. The van der Waals surface area contributed by atoms with Crippen molar-refractivity contribution in [3.05, 3.63) is 29.8 Å². The Hall–Kier alpha value is -1.06. The molecule has 0 bridgehead atoms. The average molecular weight is 221 g/mol. The van der Waals surface area contributed by atoms with Gasteiger partial charge in [-0.2, -0.15) is 0 Å². The van der Waals surface area contributed by atoms with Gasteiger partial charge in [0.1, 0.15) is 12.0 Å². The number of likely N-dealkylation sites (tertiary alicyclic amines) is 1. The van der Waals surface area contributed by atoms with E-state index < -0.39 is 6.23 Å². The molecule has 3 nitrogen and oxygen atoms in total. The van der Waals surface area contributed by atoms with Crippen LogP contribution in [0.2, 0.25) is 0 Å². The van der Waals surface area contributed by atoms with Crippen LogP contribution in [-0.2, 0) is 0 Å². The van der Waals surface area contributed by atoms with Crippen LogP contribution in [0.25, 0.3) is 0 Å². The van der Waals surface area contributed by atoms with Gasteiger partial charge in [0.25, 0.3) is 0 Å². The molecule has 1 atom stereocenters. The van der Waals surface area contributed by atoms with Crippen molar-refractivity contribution in [2.45, 2.75) is 26.0 Å². The standard InChI is InChI=1S/C13H19NO2/c1-10-6-8-14(9-7-10)13(16)11-2-4-12(15)5-3-11/h2-5,10,13,15-16H,6-9H2,1H3. The minimum absolute atomic E-state index is 0.239. The molecule has 16 heavy (non-hydrogen) atoms. The third kappa shape index (κ3) is 2.54. The Morgan fingerprint density at radius 2 is 1.75 bits per heavy atom. The van der Waals surface area contributed by atoms with E-state index in [1.807, 2.05) is 0 Å². The van der Waals surface area contributed by atoms with Gasteiger partial charge in [-0.1, -0.05) is 19.1 Å². The first-order valence-electron chi connectivity index (χ1n) is 5.88. The summed E-state index contributed by atoms with van der Waals surface area (Å²) in [4.78, 5) is 2.09. The molecule has 0 saturated carbocycles. The molecule has 88 valence electrons. The van der Waals surface area contributed by atoms with Gasteiger partial charge in [0, 0.05) is 13.1 Å². The Balaban J connectivity index is 2.01. The van der Waals surface area contributed by atoms with Gasteiger partial charge in [0.15, 0.2) is 0 Å². The first kappa shape index (κ1) is 11.4. The summed E-state index contributed by atoms with van der Waals surface area (Å²) in [6, 6.07) is 6.78. The largest absolute Gasteiger partial charge is 0.508 e. The van der Waals surface area contributed by atoms with E-state index >= 15 is 0 Å². The minimum Gasteiger partial charge on any atom is -0.508 e. The van der Waals surface area contributed by atoms with Crippen molar-refractivity contribution in [2.75, 3.05) is 13.1 Å². The minimum atomic E-state index is -0.534. The molecule has 0 aromatic heterocycles. The summed E-state index contributed by atoms with van der Waals surface area (Å²) >= 11 is 0. The second-order valence-corrected chi connectivity index (χ2v) is 4.68. The number of hydrogen-bond donors (Lipinski definition) is 2. The normalized spacial score (nSPS) is 20.9. The number of nitrogens with zero attached hydrogens (tertiary/aromatic N) is 1. The summed E-state index contributed by atoms with van der Waals surface area (Å²) in [6.07, 6.45) is 1.76. The summed E-state index contributed by atoms with van der Waals surface area (Å²) < 4.78 is 0. The fourth-order valence-electron chi connectivity index (χ4n) is 2.13. The highest BCUT2D eigenvalue weighted by molar-refractivity contribution is 5.27. The molecule has 3 heteroatoms. The van der Waals surface area contributed by atoms with Crippen LogP contribution < -0.4 is 0 Å². The molecular weight excluding hydrogens is 202 g/mol. The number of phenols is 1. The van der Waals surface area contributed by atoms with Gasteiger partial charge in [-0.05, 0) is 36.5 Å². The summed E-state index contributed by atoms with van der Waals surface area (Å²) in [7, 11) is 0. The smallest absolute Gasteiger partial charge is 0.133 e. The molecule has 1 aromatic carbocycles. The monoisotopic (exact) mass is 221 g/mol. The Labute approximate surface area is 96.3 Å². The van der Waals surface area contributed by atoms with Crippen molar-refractivity contribution in [3.8, 4) is 5.75 Å². The quantitative estimate of drug-likeness (QED) is 0.804. The van der Waals surface area contributed by atoms with E-state index in [0.29, 0.717) is 0 Å². The number of aromatic hydroxyl groups is 1. The van der Waals surface area contributed by atoms with E-state index in [2.05, 4.69) is 11.8 Å². The SMILES string of the molecule is CC1CCN(C(O)c2ccc(O)cc2)CC1. The Morgan fingerprint density at radius 3 is 2.31 bits per heavy atom. The van der Waals surface area contributed by atoms with Crippen LogP contribution in [0.15, 0.2) is 24.3 Å². The maximum Gasteiger partial charge on any atom is 0.133 e. The van der Waals surface area contributed by atoms with Crippen molar-refractivity contribution >= 4 is 0 Å². The first-order valence-corrected chi connectivity index (χ1v) is 5.88. The van der Waals surface area contributed by atoms with Crippen molar-refractivity contribution in [1.82, 2.24) is 4.90 Å². The molecule has 1 heterocycles. The molecular formula is C13H19NO2. The summed E-state index contributed by atoms with van der Waals surface area (Å²) in [5, 5.41) is 19.4. The third-order valence-corrected chi connectivity index (χ3v) is 3.36. The van der Waals surface area contributed by atoms with Crippen LogP contribution in [0.3, 0.4) is 0 Å². The molecule has 0 spiro atoms. The van der Waals surface area contributed by atoms with E-state index in [9.17, 15) is 10.2 Å². The van der Waals surface area contributed by atoms with Gasteiger partial charge in [0.2, 0.25) is 0 Å². The Kier molecular flexibility index (Phi) is 3.46. The molecule has 2 rings (SSSR count). The lowest BCUT2D eigenvalue weighted by atomic mass is 9.98. The second kappa shape index (κ2) is 4.85. The zero-order valence-electron chi connectivity index (χ0n) is 9.63. The topological polar surface area (TPSA) is 43.7 Å². The van der Waals surface area contributed by atoms with Crippen LogP contribution in [0, 0.1) is 5.92 Å².